The number of halogens is 1. The smallest absolute Gasteiger partial charge is 0.137 e. The third kappa shape index (κ3) is 2.58. The van der Waals surface area contributed by atoms with Gasteiger partial charge in [-0.05, 0) is 44.4 Å². The summed E-state index contributed by atoms with van der Waals surface area (Å²) in [6.45, 7) is 3.45. The van der Waals surface area contributed by atoms with Crippen molar-refractivity contribution < 1.29 is 0 Å². The summed E-state index contributed by atoms with van der Waals surface area (Å²) in [7, 11) is 0. The number of hydrogen-bond acceptors (Lipinski definition) is 4. The van der Waals surface area contributed by atoms with E-state index in [4.69, 9.17) is 11.6 Å². The van der Waals surface area contributed by atoms with Gasteiger partial charge in [0, 0.05) is 35.1 Å². The van der Waals surface area contributed by atoms with Crippen molar-refractivity contribution >= 4 is 28.3 Å². The van der Waals surface area contributed by atoms with E-state index < -0.39 is 0 Å². The number of rotatable bonds is 3. The predicted octanol–water partition coefficient (Wildman–Crippen LogP) is 3.32. The molecule has 0 bridgehead atoms. The van der Waals surface area contributed by atoms with E-state index in [1.54, 1.807) is 6.33 Å². The molecule has 2 aliphatic rings. The molecule has 2 atom stereocenters. The third-order valence-electron chi connectivity index (χ3n) is 4.58. The van der Waals surface area contributed by atoms with Crippen LogP contribution in [0.25, 0.3) is 10.9 Å². The highest BCUT2D eigenvalue weighted by Crippen LogP contribution is 2.34. The largest absolute Gasteiger partial charge is 0.365 e. The molecule has 1 saturated carbocycles. The molecule has 0 amide bonds. The molecule has 0 radical (unpaired) electrons. The lowest BCUT2D eigenvalue weighted by atomic mass is 10.1. The monoisotopic (exact) mass is 302 g/mol. The van der Waals surface area contributed by atoms with E-state index in [-0.39, 0.29) is 0 Å². The van der Waals surface area contributed by atoms with Crippen molar-refractivity contribution in [3.05, 3.63) is 29.5 Å². The van der Waals surface area contributed by atoms with Gasteiger partial charge in [-0.25, -0.2) is 9.97 Å². The molecule has 2 unspecified atom stereocenters. The molecule has 21 heavy (non-hydrogen) atoms. The highest BCUT2D eigenvalue weighted by molar-refractivity contribution is 6.31. The predicted molar refractivity (Wildman–Crippen MR) is 85.8 cm³/mol. The fourth-order valence-corrected chi connectivity index (χ4v) is 3.58. The summed E-state index contributed by atoms with van der Waals surface area (Å²) in [5.74, 6) is 0.923. The van der Waals surface area contributed by atoms with Crippen molar-refractivity contribution in [1.29, 1.82) is 0 Å². The van der Waals surface area contributed by atoms with E-state index in [1.807, 2.05) is 18.2 Å². The van der Waals surface area contributed by atoms with Gasteiger partial charge < -0.3 is 5.32 Å². The fourth-order valence-electron chi connectivity index (χ4n) is 3.41. The number of aromatic nitrogens is 2. The van der Waals surface area contributed by atoms with Crippen molar-refractivity contribution in [2.75, 3.05) is 11.9 Å². The molecule has 1 aromatic carbocycles. The minimum Gasteiger partial charge on any atom is -0.365 e. The van der Waals surface area contributed by atoms with E-state index >= 15 is 0 Å². The van der Waals surface area contributed by atoms with Gasteiger partial charge in [-0.1, -0.05) is 11.6 Å². The summed E-state index contributed by atoms with van der Waals surface area (Å²) in [6, 6.07) is 7.74. The van der Waals surface area contributed by atoms with Crippen LogP contribution in [-0.4, -0.2) is 39.5 Å². The number of nitrogens with one attached hydrogen (secondary N) is 1. The van der Waals surface area contributed by atoms with Gasteiger partial charge in [0.2, 0.25) is 0 Å². The molecule has 2 fully saturated rings. The van der Waals surface area contributed by atoms with Gasteiger partial charge in [0.25, 0.3) is 0 Å². The van der Waals surface area contributed by atoms with Crippen LogP contribution in [0.2, 0.25) is 5.02 Å². The van der Waals surface area contributed by atoms with Crippen molar-refractivity contribution in [2.24, 2.45) is 0 Å². The zero-order chi connectivity index (χ0) is 14.4. The highest BCUT2D eigenvalue weighted by atomic mass is 35.5. The quantitative estimate of drug-likeness (QED) is 0.944. The molecular weight excluding hydrogens is 284 g/mol. The minimum absolute atomic E-state index is 0.467. The summed E-state index contributed by atoms with van der Waals surface area (Å²) < 4.78 is 0. The maximum atomic E-state index is 6.03. The summed E-state index contributed by atoms with van der Waals surface area (Å²) in [5, 5.41) is 5.36. The van der Waals surface area contributed by atoms with Gasteiger partial charge in [0.05, 0.1) is 5.52 Å². The Morgan fingerprint density at radius 1 is 1.29 bits per heavy atom. The number of anilines is 1. The van der Waals surface area contributed by atoms with Crippen molar-refractivity contribution in [1.82, 2.24) is 14.9 Å². The van der Waals surface area contributed by atoms with Gasteiger partial charge in [-0.15, -0.1) is 0 Å². The van der Waals surface area contributed by atoms with Gasteiger partial charge in [0.1, 0.15) is 12.1 Å². The number of nitrogens with zero attached hydrogens (tertiary/aromatic N) is 3. The SMILES string of the molecule is CC1CC(Nc2ncnc3cc(Cl)ccc23)CN1C1CC1. The Hall–Kier alpha value is -1.39. The molecular formula is C16H19ClN4. The Balaban J connectivity index is 1.57. The van der Waals surface area contributed by atoms with Gasteiger partial charge >= 0.3 is 0 Å². The zero-order valence-electron chi connectivity index (χ0n) is 12.1. The fraction of sp³-hybridized carbons (Fsp3) is 0.500. The summed E-state index contributed by atoms with van der Waals surface area (Å²) in [4.78, 5) is 11.4. The molecule has 1 N–H and O–H groups in total. The van der Waals surface area contributed by atoms with Crippen LogP contribution in [0, 0.1) is 0 Å². The Kier molecular flexibility index (Phi) is 3.23. The van der Waals surface area contributed by atoms with Crippen LogP contribution in [0.4, 0.5) is 5.82 Å². The van der Waals surface area contributed by atoms with E-state index in [9.17, 15) is 0 Å². The van der Waals surface area contributed by atoms with E-state index in [2.05, 4.69) is 27.1 Å². The van der Waals surface area contributed by atoms with Crippen LogP contribution >= 0.6 is 11.6 Å². The number of fused-ring (bicyclic) bond motifs is 1. The standard InChI is InChI=1S/C16H19ClN4/c1-10-6-12(8-21(10)13-3-4-13)20-16-14-5-2-11(17)7-15(14)18-9-19-16/h2,5,7,9-10,12-13H,3-4,6,8H2,1H3,(H,18,19,20). The average Bonchev–Trinajstić information content (AvgIpc) is 3.23. The lowest BCUT2D eigenvalue weighted by molar-refractivity contribution is 0.257. The van der Waals surface area contributed by atoms with E-state index in [0.717, 1.165) is 29.3 Å². The third-order valence-corrected chi connectivity index (χ3v) is 4.81. The Morgan fingerprint density at radius 3 is 2.95 bits per heavy atom. The first kappa shape index (κ1) is 13.3. The average molecular weight is 303 g/mol. The zero-order valence-corrected chi connectivity index (χ0v) is 12.8. The first-order valence-electron chi connectivity index (χ1n) is 7.63. The molecule has 1 aliphatic heterocycles. The molecule has 0 spiro atoms. The second kappa shape index (κ2) is 5.11. The Bertz CT molecular complexity index is 670. The number of benzene rings is 1. The van der Waals surface area contributed by atoms with Crippen molar-refractivity contribution in [2.45, 2.75) is 44.3 Å². The molecule has 110 valence electrons. The topological polar surface area (TPSA) is 41.1 Å². The molecule has 4 rings (SSSR count). The lowest BCUT2D eigenvalue weighted by Gasteiger charge is -2.20. The Labute approximate surface area is 129 Å². The molecule has 1 aromatic heterocycles. The van der Waals surface area contributed by atoms with Crippen molar-refractivity contribution in [3.63, 3.8) is 0 Å². The molecule has 4 nitrogen and oxygen atoms in total. The van der Waals surface area contributed by atoms with Crippen LogP contribution in [0.5, 0.6) is 0 Å². The molecule has 1 saturated heterocycles. The summed E-state index contributed by atoms with van der Waals surface area (Å²) >= 11 is 6.03. The molecule has 1 aliphatic carbocycles. The minimum atomic E-state index is 0.467. The van der Waals surface area contributed by atoms with Gasteiger partial charge in [-0.3, -0.25) is 4.90 Å². The summed E-state index contributed by atoms with van der Waals surface area (Å²) in [5.41, 5.74) is 0.894. The molecule has 2 aromatic rings. The maximum absolute atomic E-state index is 6.03. The first-order valence-corrected chi connectivity index (χ1v) is 8.01. The van der Waals surface area contributed by atoms with Crippen LogP contribution < -0.4 is 5.32 Å². The van der Waals surface area contributed by atoms with E-state index in [0.29, 0.717) is 17.1 Å². The number of likely N-dealkylation sites (tertiary alicyclic amines) is 1. The summed E-state index contributed by atoms with van der Waals surface area (Å²) in [6.07, 6.45) is 5.52. The first-order chi connectivity index (χ1) is 10.2. The van der Waals surface area contributed by atoms with Crippen LogP contribution in [0.1, 0.15) is 26.2 Å². The highest BCUT2D eigenvalue weighted by Gasteiger charge is 2.38. The van der Waals surface area contributed by atoms with Crippen molar-refractivity contribution in [3.8, 4) is 0 Å². The maximum Gasteiger partial charge on any atom is 0.137 e. The van der Waals surface area contributed by atoms with Gasteiger partial charge in [0.15, 0.2) is 0 Å². The molecule has 2 heterocycles. The van der Waals surface area contributed by atoms with Gasteiger partial charge in [-0.2, -0.15) is 0 Å². The van der Waals surface area contributed by atoms with Crippen LogP contribution in [0.3, 0.4) is 0 Å². The second-order valence-electron chi connectivity index (χ2n) is 6.24. The lowest BCUT2D eigenvalue weighted by Crippen LogP contribution is -2.31. The van der Waals surface area contributed by atoms with Crippen LogP contribution in [0.15, 0.2) is 24.5 Å². The number of hydrogen-bond donors (Lipinski definition) is 1. The normalized spacial score (nSPS) is 26.4. The Morgan fingerprint density at radius 2 is 2.14 bits per heavy atom. The molecule has 5 heteroatoms. The van der Waals surface area contributed by atoms with Crippen LogP contribution in [-0.2, 0) is 0 Å². The second-order valence-corrected chi connectivity index (χ2v) is 6.67. The van der Waals surface area contributed by atoms with E-state index in [1.165, 1.54) is 19.3 Å².